The van der Waals surface area contributed by atoms with Crippen LogP contribution in [0, 0.1) is 11.3 Å². The molecular formula is C23H25ClN4O5S. The number of amides is 2. The molecule has 2 amide bonds. The summed E-state index contributed by atoms with van der Waals surface area (Å²) >= 11 is 6.02. The highest BCUT2D eigenvalue weighted by atomic mass is 35.5. The van der Waals surface area contributed by atoms with Crippen molar-refractivity contribution in [2.75, 3.05) is 39.4 Å². The molecule has 2 atom stereocenters. The van der Waals surface area contributed by atoms with Crippen LogP contribution in [0.5, 0.6) is 0 Å². The first kappa shape index (κ1) is 24.4. The normalized spacial score (nSPS) is 20.1. The molecule has 0 N–H and O–H groups in total. The van der Waals surface area contributed by atoms with Gasteiger partial charge >= 0.3 is 0 Å². The predicted molar refractivity (Wildman–Crippen MR) is 125 cm³/mol. The van der Waals surface area contributed by atoms with Crippen LogP contribution in [0.4, 0.5) is 0 Å². The van der Waals surface area contributed by atoms with Gasteiger partial charge in [0.1, 0.15) is 18.6 Å². The van der Waals surface area contributed by atoms with E-state index >= 15 is 0 Å². The molecule has 2 aliphatic rings. The maximum atomic E-state index is 13.5. The Balaban J connectivity index is 1.58. The summed E-state index contributed by atoms with van der Waals surface area (Å²) in [5.74, 6) is -0.666. The fourth-order valence-corrected chi connectivity index (χ4v) is 6.17. The molecule has 2 fully saturated rings. The van der Waals surface area contributed by atoms with Gasteiger partial charge in [0.2, 0.25) is 21.8 Å². The lowest BCUT2D eigenvalue weighted by molar-refractivity contribution is -0.146. The summed E-state index contributed by atoms with van der Waals surface area (Å²) in [4.78, 5) is 29.2. The SMILES string of the molecule is CC(C(=O)N1CCOCC1)N1CCC(N(CC#N)S(=O)(=O)c2ccc3cc(Cl)ccc3c2)C1=O. The average Bonchev–Trinajstić information content (AvgIpc) is 3.22. The van der Waals surface area contributed by atoms with E-state index in [1.54, 1.807) is 36.1 Å². The zero-order valence-corrected chi connectivity index (χ0v) is 20.3. The van der Waals surface area contributed by atoms with E-state index in [1.807, 2.05) is 6.07 Å². The Kier molecular flexibility index (Phi) is 7.09. The van der Waals surface area contributed by atoms with Crippen molar-refractivity contribution in [2.45, 2.75) is 30.3 Å². The molecular weight excluding hydrogens is 480 g/mol. The summed E-state index contributed by atoms with van der Waals surface area (Å²) in [5.41, 5.74) is 0. The smallest absolute Gasteiger partial charge is 0.245 e. The molecule has 0 radical (unpaired) electrons. The largest absolute Gasteiger partial charge is 0.378 e. The third kappa shape index (κ3) is 4.61. The van der Waals surface area contributed by atoms with Crippen molar-refractivity contribution in [1.29, 1.82) is 5.26 Å². The summed E-state index contributed by atoms with van der Waals surface area (Å²) in [6, 6.07) is 9.80. The molecule has 11 heteroatoms. The Bertz CT molecular complexity index is 1260. The Morgan fingerprint density at radius 1 is 1.21 bits per heavy atom. The number of rotatable bonds is 6. The maximum Gasteiger partial charge on any atom is 0.245 e. The van der Waals surface area contributed by atoms with Gasteiger partial charge < -0.3 is 14.5 Å². The number of fused-ring (bicyclic) bond motifs is 1. The Hall–Kier alpha value is -2.71. The summed E-state index contributed by atoms with van der Waals surface area (Å²) in [6.45, 7) is 3.21. The number of ether oxygens (including phenoxy) is 1. The summed E-state index contributed by atoms with van der Waals surface area (Å²) < 4.78 is 33.2. The van der Waals surface area contributed by atoms with Gasteiger partial charge in [0.05, 0.1) is 24.2 Å². The van der Waals surface area contributed by atoms with Crippen LogP contribution in [-0.4, -0.2) is 85.8 Å². The molecule has 0 bridgehead atoms. The highest BCUT2D eigenvalue weighted by Crippen LogP contribution is 2.29. The zero-order chi connectivity index (χ0) is 24.5. The van der Waals surface area contributed by atoms with Crippen molar-refractivity contribution in [3.63, 3.8) is 0 Å². The van der Waals surface area contributed by atoms with Crippen molar-refractivity contribution >= 4 is 44.2 Å². The maximum absolute atomic E-state index is 13.5. The Morgan fingerprint density at radius 3 is 2.59 bits per heavy atom. The van der Waals surface area contributed by atoms with Crippen LogP contribution in [0.3, 0.4) is 0 Å². The van der Waals surface area contributed by atoms with Gasteiger partial charge in [0.25, 0.3) is 0 Å². The fourth-order valence-electron chi connectivity index (χ4n) is 4.44. The fraction of sp³-hybridized carbons (Fsp3) is 0.435. The Morgan fingerprint density at radius 2 is 1.88 bits per heavy atom. The number of carbonyl (C=O) groups excluding carboxylic acids is 2. The molecule has 2 saturated heterocycles. The van der Waals surface area contributed by atoms with Gasteiger partial charge in [-0.05, 0) is 48.4 Å². The number of benzene rings is 2. The molecule has 180 valence electrons. The van der Waals surface area contributed by atoms with E-state index in [-0.39, 0.29) is 23.8 Å². The van der Waals surface area contributed by atoms with Gasteiger partial charge in [-0.1, -0.05) is 23.7 Å². The lowest BCUT2D eigenvalue weighted by Gasteiger charge is -2.33. The molecule has 0 saturated carbocycles. The molecule has 0 aromatic heterocycles. The van der Waals surface area contributed by atoms with Crippen LogP contribution in [0.1, 0.15) is 13.3 Å². The van der Waals surface area contributed by atoms with Crippen molar-refractivity contribution in [3.8, 4) is 6.07 Å². The van der Waals surface area contributed by atoms with Gasteiger partial charge in [-0.25, -0.2) is 8.42 Å². The third-order valence-electron chi connectivity index (χ3n) is 6.31. The van der Waals surface area contributed by atoms with E-state index in [4.69, 9.17) is 16.3 Å². The van der Waals surface area contributed by atoms with Crippen LogP contribution in [0.25, 0.3) is 10.8 Å². The third-order valence-corrected chi connectivity index (χ3v) is 8.40. The first-order valence-corrected chi connectivity index (χ1v) is 12.8. The molecule has 2 heterocycles. The molecule has 0 spiro atoms. The number of likely N-dealkylation sites (tertiary alicyclic amines) is 1. The lowest BCUT2D eigenvalue weighted by atomic mass is 10.1. The highest BCUT2D eigenvalue weighted by Gasteiger charge is 2.45. The number of halogens is 1. The minimum absolute atomic E-state index is 0.0127. The molecule has 2 aliphatic heterocycles. The molecule has 34 heavy (non-hydrogen) atoms. The number of carbonyl (C=O) groups is 2. The monoisotopic (exact) mass is 504 g/mol. The predicted octanol–water partition coefficient (Wildman–Crippen LogP) is 1.86. The highest BCUT2D eigenvalue weighted by molar-refractivity contribution is 7.89. The van der Waals surface area contributed by atoms with Gasteiger partial charge in [-0.3, -0.25) is 9.59 Å². The molecule has 2 aromatic rings. The van der Waals surface area contributed by atoms with Gasteiger partial charge in [-0.2, -0.15) is 9.57 Å². The number of hydrogen-bond donors (Lipinski definition) is 0. The van der Waals surface area contributed by atoms with E-state index < -0.39 is 34.6 Å². The summed E-state index contributed by atoms with van der Waals surface area (Å²) in [6.07, 6.45) is 0.198. The Labute approximate surface area is 203 Å². The topological polar surface area (TPSA) is 111 Å². The second kappa shape index (κ2) is 9.88. The van der Waals surface area contributed by atoms with Crippen LogP contribution in [0.2, 0.25) is 5.02 Å². The van der Waals surface area contributed by atoms with Crippen molar-refractivity contribution in [3.05, 3.63) is 41.4 Å². The minimum atomic E-state index is -4.15. The van der Waals surface area contributed by atoms with Crippen LogP contribution in [0.15, 0.2) is 41.3 Å². The van der Waals surface area contributed by atoms with Crippen LogP contribution >= 0.6 is 11.6 Å². The quantitative estimate of drug-likeness (QED) is 0.555. The molecule has 0 aliphatic carbocycles. The number of morpholine rings is 1. The summed E-state index contributed by atoms with van der Waals surface area (Å²) in [5, 5.41) is 11.3. The van der Waals surface area contributed by atoms with Crippen LogP contribution in [-0.2, 0) is 24.3 Å². The van der Waals surface area contributed by atoms with E-state index in [0.717, 1.165) is 9.69 Å². The van der Waals surface area contributed by atoms with Gasteiger partial charge in [0.15, 0.2) is 0 Å². The standard InChI is InChI=1S/C23H25ClN4O5S/c1-16(22(29)26-10-12-33-13-11-26)27-8-6-21(23(27)30)28(9-7-25)34(31,32)20-5-3-17-14-19(24)4-2-18(17)15-20/h2-5,14-16,21H,6,8-13H2,1H3. The number of sulfonamides is 1. The first-order valence-electron chi connectivity index (χ1n) is 11.0. The van der Waals surface area contributed by atoms with Crippen LogP contribution < -0.4 is 0 Å². The first-order chi connectivity index (χ1) is 16.2. The van der Waals surface area contributed by atoms with E-state index in [2.05, 4.69) is 0 Å². The second-order valence-electron chi connectivity index (χ2n) is 8.31. The van der Waals surface area contributed by atoms with E-state index in [1.165, 1.54) is 17.0 Å². The van der Waals surface area contributed by atoms with Gasteiger partial charge in [0, 0.05) is 24.7 Å². The molecule has 4 rings (SSSR count). The van der Waals surface area contributed by atoms with Crippen molar-refractivity contribution in [2.24, 2.45) is 0 Å². The molecule has 2 unspecified atom stereocenters. The number of hydrogen-bond acceptors (Lipinski definition) is 6. The lowest BCUT2D eigenvalue weighted by Crippen LogP contribution is -2.53. The van der Waals surface area contributed by atoms with Crippen molar-refractivity contribution in [1.82, 2.24) is 14.1 Å². The zero-order valence-electron chi connectivity index (χ0n) is 18.7. The number of nitrogens with zero attached hydrogens (tertiary/aromatic N) is 4. The van der Waals surface area contributed by atoms with E-state index in [0.29, 0.717) is 36.7 Å². The molecule has 9 nitrogen and oxygen atoms in total. The number of nitriles is 1. The summed E-state index contributed by atoms with van der Waals surface area (Å²) in [7, 11) is -4.15. The molecule has 2 aromatic carbocycles. The van der Waals surface area contributed by atoms with Crippen molar-refractivity contribution < 1.29 is 22.7 Å². The van der Waals surface area contributed by atoms with E-state index in [9.17, 15) is 23.3 Å². The minimum Gasteiger partial charge on any atom is -0.378 e. The second-order valence-corrected chi connectivity index (χ2v) is 10.6. The average molecular weight is 505 g/mol. The van der Waals surface area contributed by atoms with Gasteiger partial charge in [-0.15, -0.1) is 0 Å².